The molecule has 3 heterocycles. The van der Waals surface area contributed by atoms with E-state index in [0.717, 1.165) is 5.69 Å². The third kappa shape index (κ3) is 4.47. The van der Waals surface area contributed by atoms with E-state index in [9.17, 15) is 9.90 Å². The Bertz CT molecular complexity index is 1130. The fourth-order valence-electron chi connectivity index (χ4n) is 3.15. The summed E-state index contributed by atoms with van der Waals surface area (Å²) in [6, 6.07) is 7.00. The van der Waals surface area contributed by atoms with Gasteiger partial charge in [-0.2, -0.15) is 9.61 Å². The van der Waals surface area contributed by atoms with Crippen LogP contribution in [-0.2, 0) is 0 Å². The van der Waals surface area contributed by atoms with Gasteiger partial charge in [0.15, 0.2) is 17.1 Å². The van der Waals surface area contributed by atoms with Crippen molar-refractivity contribution >= 4 is 34.7 Å². The largest absolute Gasteiger partial charge is 0.486 e. The Labute approximate surface area is 185 Å². The zero-order valence-corrected chi connectivity index (χ0v) is 18.2. The number of rotatable bonds is 7. The van der Waals surface area contributed by atoms with Crippen LogP contribution in [-0.4, -0.2) is 59.1 Å². The van der Waals surface area contributed by atoms with Crippen molar-refractivity contribution in [2.75, 3.05) is 49.4 Å². The number of aliphatic hydroxyl groups excluding tert-OH is 1. The van der Waals surface area contributed by atoms with Gasteiger partial charge in [-0.3, -0.25) is 0 Å². The van der Waals surface area contributed by atoms with E-state index >= 15 is 0 Å². The molecule has 0 fully saturated rings. The van der Waals surface area contributed by atoms with Crippen LogP contribution in [0.1, 0.15) is 13.8 Å². The molecule has 0 aliphatic carbocycles. The lowest BCUT2D eigenvalue weighted by atomic mass is 9.95. The first kappa shape index (κ1) is 21.5. The highest BCUT2D eigenvalue weighted by Gasteiger charge is 2.20. The minimum absolute atomic E-state index is 0.0376. The van der Waals surface area contributed by atoms with Gasteiger partial charge in [0.05, 0.1) is 11.9 Å². The van der Waals surface area contributed by atoms with Gasteiger partial charge in [0.1, 0.15) is 30.5 Å². The van der Waals surface area contributed by atoms with Crippen molar-refractivity contribution in [3.63, 3.8) is 0 Å². The maximum atomic E-state index is 12.4. The van der Waals surface area contributed by atoms with Gasteiger partial charge in [-0.05, 0) is 12.1 Å². The summed E-state index contributed by atoms with van der Waals surface area (Å²) in [5, 5.41) is 25.6. The number of hydrogen-bond donors (Lipinski definition) is 5. The molecule has 1 aromatic carbocycles. The first-order valence-corrected chi connectivity index (χ1v) is 10.3. The topological polar surface area (TPSA) is 134 Å². The highest BCUT2D eigenvalue weighted by Crippen LogP contribution is 2.38. The Morgan fingerprint density at radius 2 is 2.06 bits per heavy atom. The van der Waals surface area contributed by atoms with Crippen molar-refractivity contribution in [1.29, 1.82) is 0 Å². The van der Waals surface area contributed by atoms with E-state index < -0.39 is 11.4 Å². The summed E-state index contributed by atoms with van der Waals surface area (Å²) >= 11 is 0. The number of amides is 2. The molecule has 5 N–H and O–H groups in total. The zero-order chi connectivity index (χ0) is 22.7. The van der Waals surface area contributed by atoms with Gasteiger partial charge >= 0.3 is 6.03 Å². The number of urea groups is 1. The molecule has 0 spiro atoms. The molecule has 2 amide bonds. The van der Waals surface area contributed by atoms with Gasteiger partial charge in [-0.1, -0.05) is 19.9 Å². The molecule has 1 aliphatic heterocycles. The number of carbonyl (C=O) groups excluding carboxylic acids is 1. The van der Waals surface area contributed by atoms with E-state index in [1.54, 1.807) is 17.6 Å². The summed E-state index contributed by atoms with van der Waals surface area (Å²) in [7, 11) is 1.78. The minimum Gasteiger partial charge on any atom is -0.486 e. The van der Waals surface area contributed by atoms with Crippen molar-refractivity contribution in [1.82, 2.24) is 19.9 Å². The van der Waals surface area contributed by atoms with Crippen molar-refractivity contribution in [3.8, 4) is 11.5 Å². The molecule has 0 saturated carbocycles. The number of aromatic nitrogens is 3. The quantitative estimate of drug-likeness (QED) is 0.377. The van der Waals surface area contributed by atoms with Crippen molar-refractivity contribution in [3.05, 3.63) is 30.5 Å². The predicted octanol–water partition coefficient (Wildman–Crippen LogP) is 2.43. The van der Waals surface area contributed by atoms with Crippen molar-refractivity contribution < 1.29 is 19.4 Å². The second kappa shape index (κ2) is 8.79. The van der Waals surface area contributed by atoms with Gasteiger partial charge in [-0.15, -0.1) is 0 Å². The molecule has 0 bridgehead atoms. The molecule has 170 valence electrons. The smallest absolute Gasteiger partial charge is 0.319 e. The van der Waals surface area contributed by atoms with E-state index in [2.05, 4.69) is 31.3 Å². The number of ether oxygens (including phenoxy) is 2. The number of carbonyl (C=O) groups is 1. The van der Waals surface area contributed by atoms with Gasteiger partial charge in [-0.25, -0.2) is 9.78 Å². The number of aliphatic hydroxyl groups is 1. The third-order valence-electron chi connectivity index (χ3n) is 4.96. The molecule has 3 aromatic rings. The molecule has 0 atom stereocenters. The summed E-state index contributed by atoms with van der Waals surface area (Å²) in [6.45, 7) is 4.98. The minimum atomic E-state index is -0.423. The fourth-order valence-corrected chi connectivity index (χ4v) is 3.15. The summed E-state index contributed by atoms with van der Waals surface area (Å²) in [5.41, 5.74) is 1.20. The van der Waals surface area contributed by atoms with E-state index in [1.165, 1.54) is 6.20 Å². The van der Waals surface area contributed by atoms with Crippen molar-refractivity contribution in [2.24, 2.45) is 5.41 Å². The van der Waals surface area contributed by atoms with E-state index in [-0.39, 0.29) is 6.61 Å². The number of fused-ring (bicyclic) bond motifs is 2. The Balaban J connectivity index is 1.60. The van der Waals surface area contributed by atoms with Crippen LogP contribution in [0.25, 0.3) is 5.65 Å². The Kier molecular flexibility index (Phi) is 5.91. The molecule has 0 radical (unpaired) electrons. The van der Waals surface area contributed by atoms with Crippen LogP contribution in [0.4, 0.5) is 27.8 Å². The monoisotopic (exact) mass is 441 g/mol. The fraction of sp³-hybridized carbons (Fsp3) is 0.381. The molecule has 0 unspecified atom stereocenters. The van der Waals surface area contributed by atoms with Crippen LogP contribution in [0.3, 0.4) is 0 Å². The number of anilines is 4. The molecule has 0 saturated heterocycles. The van der Waals surface area contributed by atoms with Crippen LogP contribution in [0.2, 0.25) is 0 Å². The first-order valence-electron chi connectivity index (χ1n) is 10.3. The van der Waals surface area contributed by atoms with Gasteiger partial charge < -0.3 is 35.8 Å². The highest BCUT2D eigenvalue weighted by molar-refractivity contribution is 5.93. The van der Waals surface area contributed by atoms with E-state index in [1.807, 2.05) is 32.0 Å². The zero-order valence-electron chi connectivity index (χ0n) is 18.2. The number of benzene rings is 1. The second-order valence-electron chi connectivity index (χ2n) is 8.16. The Hall–Kier alpha value is -3.73. The van der Waals surface area contributed by atoms with Gasteiger partial charge in [0.25, 0.3) is 0 Å². The van der Waals surface area contributed by atoms with Crippen LogP contribution in [0.15, 0.2) is 30.5 Å². The Morgan fingerprint density at radius 1 is 1.25 bits per heavy atom. The van der Waals surface area contributed by atoms with E-state index in [4.69, 9.17) is 9.47 Å². The lowest BCUT2D eigenvalue weighted by molar-refractivity contribution is 0.158. The normalized spacial score (nSPS) is 13.0. The lowest BCUT2D eigenvalue weighted by Gasteiger charge is -2.22. The van der Waals surface area contributed by atoms with Crippen molar-refractivity contribution in [2.45, 2.75) is 13.8 Å². The molecule has 4 rings (SSSR count). The summed E-state index contributed by atoms with van der Waals surface area (Å²) in [4.78, 5) is 17.0. The summed E-state index contributed by atoms with van der Waals surface area (Å²) in [6.07, 6.45) is 1.53. The molecule has 2 aromatic heterocycles. The van der Waals surface area contributed by atoms with Crippen LogP contribution in [0, 0.1) is 5.41 Å². The average Bonchev–Trinajstić information content (AvgIpc) is 3.20. The maximum absolute atomic E-state index is 12.4. The SMILES string of the molecule is CNc1cc(Nc2cccc3c2OCCO3)nc2c(NC(=O)NCC(C)(C)CO)cnn12. The molecule has 11 nitrogen and oxygen atoms in total. The Morgan fingerprint density at radius 3 is 2.84 bits per heavy atom. The first-order chi connectivity index (χ1) is 15.4. The predicted molar refractivity (Wildman–Crippen MR) is 121 cm³/mol. The highest BCUT2D eigenvalue weighted by atomic mass is 16.6. The molecule has 1 aliphatic rings. The van der Waals surface area contributed by atoms with Crippen LogP contribution in [0.5, 0.6) is 11.5 Å². The average molecular weight is 441 g/mol. The van der Waals surface area contributed by atoms with Crippen LogP contribution < -0.4 is 30.7 Å². The number of nitrogens with zero attached hydrogens (tertiary/aromatic N) is 3. The lowest BCUT2D eigenvalue weighted by Crippen LogP contribution is -2.38. The van der Waals surface area contributed by atoms with Gasteiger partial charge in [0.2, 0.25) is 0 Å². The molecule has 11 heteroatoms. The second-order valence-corrected chi connectivity index (χ2v) is 8.16. The summed E-state index contributed by atoms with van der Waals surface area (Å²) in [5.74, 6) is 2.51. The maximum Gasteiger partial charge on any atom is 0.319 e. The van der Waals surface area contributed by atoms with Crippen LogP contribution >= 0.6 is 0 Å². The number of nitrogens with one attached hydrogen (secondary N) is 4. The standard InChI is InChI=1S/C21H27N7O4/c1-21(2,12-29)11-23-20(30)26-14-10-24-28-17(22-3)9-16(27-19(14)28)25-13-5-4-6-15-18(13)32-8-7-31-15/h4-6,9-10,22,29H,7-8,11-12H2,1-3H3,(H,25,27)(H2,23,26,30). The van der Waals surface area contributed by atoms with E-state index in [0.29, 0.717) is 54.2 Å². The molecular formula is C21H27N7O4. The molecule has 32 heavy (non-hydrogen) atoms. The molecular weight excluding hydrogens is 414 g/mol. The number of para-hydroxylation sites is 1. The van der Waals surface area contributed by atoms with Gasteiger partial charge in [0, 0.05) is 31.7 Å². The number of hydrogen-bond acceptors (Lipinski definition) is 8. The third-order valence-corrected chi connectivity index (χ3v) is 4.96. The summed E-state index contributed by atoms with van der Waals surface area (Å²) < 4.78 is 13.0.